The molecule has 0 saturated carbocycles. The molecule has 1 aromatic carbocycles. The molecule has 0 saturated heterocycles. The van der Waals surface area contributed by atoms with Gasteiger partial charge in [-0.1, -0.05) is 0 Å². The molecule has 3 aromatic heterocycles. The lowest BCUT2D eigenvalue weighted by Crippen LogP contribution is -2.27. The van der Waals surface area contributed by atoms with Gasteiger partial charge in [-0.25, -0.2) is 24.4 Å². The number of anilines is 1. The van der Waals surface area contributed by atoms with Gasteiger partial charge in [-0.2, -0.15) is 18.3 Å². The number of nitrogens with zero attached hydrogens (tertiary/aromatic N) is 5. The SMILES string of the molecule is C[C@@H](CCCn1cnc2cc(-c3ncc(OCCO)cn3)c(F)cc2c1=O)Nc1cn[nH]c(=O)c1C(F)(F)F. The Morgan fingerprint density at radius 3 is 2.59 bits per heavy atom. The highest BCUT2D eigenvalue weighted by Gasteiger charge is 2.37. The van der Waals surface area contributed by atoms with Crippen LogP contribution < -0.4 is 21.2 Å². The molecule has 0 aliphatic carbocycles. The number of alkyl halides is 3. The number of hydrogen-bond donors (Lipinski definition) is 3. The second kappa shape index (κ2) is 11.6. The third kappa shape index (κ3) is 6.37. The van der Waals surface area contributed by atoms with Gasteiger partial charge in [0.05, 0.1) is 53.7 Å². The van der Waals surface area contributed by atoms with Gasteiger partial charge in [0.15, 0.2) is 11.6 Å². The zero-order valence-corrected chi connectivity index (χ0v) is 20.5. The number of ether oxygens (including phenoxy) is 1. The van der Waals surface area contributed by atoms with Crippen molar-refractivity contribution in [2.45, 2.75) is 38.5 Å². The van der Waals surface area contributed by atoms with Crippen molar-refractivity contribution in [3.63, 3.8) is 0 Å². The number of rotatable bonds is 10. The number of halogens is 4. The Balaban J connectivity index is 1.45. The molecule has 3 N–H and O–H groups in total. The van der Waals surface area contributed by atoms with Crippen molar-refractivity contribution in [3.05, 3.63) is 69.1 Å². The van der Waals surface area contributed by atoms with E-state index in [1.807, 2.05) is 0 Å². The number of aromatic nitrogens is 6. The quantitative estimate of drug-likeness (QED) is 0.254. The molecule has 0 unspecified atom stereocenters. The average Bonchev–Trinajstić information content (AvgIpc) is 2.88. The summed E-state index contributed by atoms with van der Waals surface area (Å²) in [5, 5.41) is 16.7. The molecule has 39 heavy (non-hydrogen) atoms. The number of aliphatic hydroxyl groups excluding tert-OH is 1. The normalized spacial score (nSPS) is 12.5. The van der Waals surface area contributed by atoms with Crippen LogP contribution in [0, 0.1) is 5.82 Å². The van der Waals surface area contributed by atoms with Gasteiger partial charge in [0.25, 0.3) is 11.1 Å². The predicted molar refractivity (Wildman–Crippen MR) is 132 cm³/mol. The Hall–Kier alpha value is -4.40. The van der Waals surface area contributed by atoms with E-state index in [1.54, 1.807) is 12.0 Å². The van der Waals surface area contributed by atoms with E-state index in [4.69, 9.17) is 9.84 Å². The van der Waals surface area contributed by atoms with Crippen LogP contribution in [0.5, 0.6) is 5.75 Å². The molecule has 0 fully saturated rings. The lowest BCUT2D eigenvalue weighted by Gasteiger charge is -2.18. The van der Waals surface area contributed by atoms with Crippen molar-refractivity contribution in [1.29, 1.82) is 0 Å². The predicted octanol–water partition coefficient (Wildman–Crippen LogP) is 2.75. The van der Waals surface area contributed by atoms with Gasteiger partial charge in [0, 0.05) is 12.6 Å². The van der Waals surface area contributed by atoms with Crippen molar-refractivity contribution in [3.8, 4) is 17.1 Å². The van der Waals surface area contributed by atoms with Crippen LogP contribution >= 0.6 is 0 Å². The van der Waals surface area contributed by atoms with E-state index in [1.165, 1.54) is 29.4 Å². The van der Waals surface area contributed by atoms with E-state index in [9.17, 15) is 27.2 Å². The first kappa shape index (κ1) is 27.6. The van der Waals surface area contributed by atoms with Crippen LogP contribution in [0.15, 0.2) is 46.6 Å². The molecule has 11 nitrogen and oxygen atoms in total. The smallest absolute Gasteiger partial charge is 0.423 e. The van der Waals surface area contributed by atoms with Crippen LogP contribution in [0.3, 0.4) is 0 Å². The number of aromatic amines is 1. The second-order valence-electron chi connectivity index (χ2n) is 8.58. The molecular formula is C24H23F4N7O4. The standard InChI is InChI=1S/C24H23F4N7O4/c1-13(33-19-11-32-34-22(37)20(19)24(26,27)28)3-2-4-35-12-31-18-8-15(17(25)7-16(18)23(35)38)21-29-9-14(10-30-21)39-6-5-36/h7-13,36H,2-6H2,1H3,(H2,33,34,37)/t13-/m0/s1. The maximum Gasteiger partial charge on any atom is 0.423 e. The highest BCUT2D eigenvalue weighted by Crippen LogP contribution is 2.32. The molecular weight excluding hydrogens is 526 g/mol. The minimum absolute atomic E-state index is 0.0354. The van der Waals surface area contributed by atoms with Gasteiger partial charge < -0.3 is 15.2 Å². The van der Waals surface area contributed by atoms with Crippen LogP contribution in [-0.2, 0) is 12.7 Å². The highest BCUT2D eigenvalue weighted by atomic mass is 19.4. The largest absolute Gasteiger partial charge is 0.488 e. The van der Waals surface area contributed by atoms with E-state index >= 15 is 0 Å². The molecule has 15 heteroatoms. The van der Waals surface area contributed by atoms with Gasteiger partial charge in [-0.3, -0.25) is 14.2 Å². The highest BCUT2D eigenvalue weighted by molar-refractivity contribution is 5.82. The fourth-order valence-corrected chi connectivity index (χ4v) is 3.90. The Labute approximate surface area is 217 Å². The molecule has 0 amide bonds. The van der Waals surface area contributed by atoms with Gasteiger partial charge >= 0.3 is 6.18 Å². The van der Waals surface area contributed by atoms with Gasteiger partial charge in [0.2, 0.25) is 0 Å². The van der Waals surface area contributed by atoms with E-state index in [-0.39, 0.29) is 42.0 Å². The fraction of sp³-hybridized carbons (Fsp3) is 0.333. The van der Waals surface area contributed by atoms with Gasteiger partial charge in [-0.15, -0.1) is 0 Å². The maximum absolute atomic E-state index is 14.9. The van der Waals surface area contributed by atoms with E-state index in [0.29, 0.717) is 18.6 Å². The van der Waals surface area contributed by atoms with Gasteiger partial charge in [0.1, 0.15) is 18.0 Å². The van der Waals surface area contributed by atoms with E-state index in [2.05, 4.69) is 25.4 Å². The summed E-state index contributed by atoms with van der Waals surface area (Å²) in [5.41, 5.74) is -3.37. The van der Waals surface area contributed by atoms with Crippen LogP contribution in [0.1, 0.15) is 25.3 Å². The minimum Gasteiger partial charge on any atom is -0.488 e. The minimum atomic E-state index is -4.86. The first-order valence-corrected chi connectivity index (χ1v) is 11.7. The third-order valence-corrected chi connectivity index (χ3v) is 5.72. The number of fused-ring (bicyclic) bond motifs is 1. The Bertz CT molecular complexity index is 1570. The van der Waals surface area contributed by atoms with Crippen LogP contribution in [0.4, 0.5) is 23.2 Å². The zero-order chi connectivity index (χ0) is 28.2. The number of H-pyrrole nitrogens is 1. The lowest BCUT2D eigenvalue weighted by molar-refractivity contribution is -0.138. The molecule has 4 rings (SSSR count). The second-order valence-corrected chi connectivity index (χ2v) is 8.58. The summed E-state index contributed by atoms with van der Waals surface area (Å²) < 4.78 is 61.1. The molecule has 0 aliphatic rings. The number of aryl methyl sites for hydroxylation is 1. The molecule has 0 aliphatic heterocycles. The lowest BCUT2D eigenvalue weighted by atomic mass is 10.1. The third-order valence-electron chi connectivity index (χ3n) is 5.72. The molecule has 206 valence electrons. The first-order chi connectivity index (χ1) is 18.6. The van der Waals surface area contributed by atoms with E-state index < -0.39 is 40.4 Å². The molecule has 1 atom stereocenters. The van der Waals surface area contributed by atoms with Crippen molar-refractivity contribution < 1.29 is 27.4 Å². The van der Waals surface area contributed by atoms with Crippen LogP contribution in [0.25, 0.3) is 22.3 Å². The fourth-order valence-electron chi connectivity index (χ4n) is 3.90. The summed E-state index contributed by atoms with van der Waals surface area (Å²) in [5.74, 6) is -0.371. The number of aliphatic hydroxyl groups is 1. The number of nitrogens with one attached hydrogen (secondary N) is 2. The number of hydrogen-bond acceptors (Lipinski definition) is 9. The molecule has 0 radical (unpaired) electrons. The van der Waals surface area contributed by atoms with Crippen molar-refractivity contribution >= 4 is 16.6 Å². The molecule has 3 heterocycles. The first-order valence-electron chi connectivity index (χ1n) is 11.7. The van der Waals surface area contributed by atoms with Crippen molar-refractivity contribution in [2.75, 3.05) is 18.5 Å². The summed E-state index contributed by atoms with van der Waals surface area (Å²) in [6, 6.07) is 1.93. The zero-order valence-electron chi connectivity index (χ0n) is 20.5. The van der Waals surface area contributed by atoms with Crippen LogP contribution in [0.2, 0.25) is 0 Å². The summed E-state index contributed by atoms with van der Waals surface area (Å²) in [6.07, 6.45) is 0.724. The van der Waals surface area contributed by atoms with Crippen molar-refractivity contribution in [1.82, 2.24) is 29.7 Å². The Morgan fingerprint density at radius 1 is 1.15 bits per heavy atom. The summed E-state index contributed by atoms with van der Waals surface area (Å²) >= 11 is 0. The summed E-state index contributed by atoms with van der Waals surface area (Å²) in [6.45, 7) is 1.68. The average molecular weight is 549 g/mol. The van der Waals surface area contributed by atoms with Crippen LogP contribution in [-0.4, -0.2) is 54.1 Å². The Morgan fingerprint density at radius 2 is 1.90 bits per heavy atom. The van der Waals surface area contributed by atoms with Crippen molar-refractivity contribution in [2.24, 2.45) is 0 Å². The molecule has 0 bridgehead atoms. The van der Waals surface area contributed by atoms with Gasteiger partial charge in [-0.05, 0) is 31.9 Å². The Kier molecular flexibility index (Phi) is 8.18. The maximum atomic E-state index is 14.9. The monoisotopic (exact) mass is 549 g/mol. The van der Waals surface area contributed by atoms with E-state index in [0.717, 1.165) is 12.3 Å². The molecule has 0 spiro atoms. The topological polar surface area (TPSA) is 148 Å². The summed E-state index contributed by atoms with van der Waals surface area (Å²) in [7, 11) is 0. The molecule has 4 aromatic rings. The summed E-state index contributed by atoms with van der Waals surface area (Å²) in [4.78, 5) is 36.9. The number of benzene rings is 1.